The SMILES string of the molecule is CN1CCCC(N(C)C(=O)CCCl)C1. The maximum absolute atomic E-state index is 11.6. The van der Waals surface area contributed by atoms with Crippen LogP contribution in [0.4, 0.5) is 0 Å². The standard InChI is InChI=1S/C10H19ClN2O/c1-12-7-3-4-9(8-12)13(2)10(14)5-6-11/h9H,3-8H2,1-2H3. The molecule has 1 aliphatic heterocycles. The molecule has 1 amide bonds. The van der Waals surface area contributed by atoms with E-state index in [1.54, 1.807) is 0 Å². The quantitative estimate of drug-likeness (QED) is 0.664. The Kier molecular flexibility index (Phi) is 4.69. The fourth-order valence-electron chi connectivity index (χ4n) is 1.92. The summed E-state index contributed by atoms with van der Waals surface area (Å²) in [5.41, 5.74) is 0. The minimum Gasteiger partial charge on any atom is -0.341 e. The number of alkyl halides is 1. The van der Waals surface area contributed by atoms with E-state index in [1.807, 2.05) is 11.9 Å². The monoisotopic (exact) mass is 218 g/mol. The second kappa shape index (κ2) is 5.56. The molecule has 1 saturated heterocycles. The number of carbonyl (C=O) groups is 1. The van der Waals surface area contributed by atoms with E-state index < -0.39 is 0 Å². The van der Waals surface area contributed by atoms with Gasteiger partial charge in [-0.05, 0) is 26.4 Å². The van der Waals surface area contributed by atoms with Crippen molar-refractivity contribution < 1.29 is 4.79 Å². The normalized spacial score (nSPS) is 23.5. The molecule has 0 radical (unpaired) electrons. The van der Waals surface area contributed by atoms with Gasteiger partial charge in [-0.1, -0.05) is 0 Å². The van der Waals surface area contributed by atoms with Crippen LogP contribution in [0, 0.1) is 0 Å². The molecule has 1 fully saturated rings. The van der Waals surface area contributed by atoms with Gasteiger partial charge in [0.15, 0.2) is 0 Å². The van der Waals surface area contributed by atoms with Gasteiger partial charge in [-0.25, -0.2) is 0 Å². The predicted octanol–water partition coefficient (Wildman–Crippen LogP) is 1.17. The lowest BCUT2D eigenvalue weighted by atomic mass is 10.0. The largest absolute Gasteiger partial charge is 0.341 e. The van der Waals surface area contributed by atoms with Crippen LogP contribution in [0.25, 0.3) is 0 Å². The van der Waals surface area contributed by atoms with Gasteiger partial charge in [0.2, 0.25) is 5.91 Å². The van der Waals surface area contributed by atoms with Crippen molar-refractivity contribution in [3.05, 3.63) is 0 Å². The Morgan fingerprint density at radius 1 is 1.64 bits per heavy atom. The average molecular weight is 219 g/mol. The summed E-state index contributed by atoms with van der Waals surface area (Å²) in [6.45, 7) is 2.14. The van der Waals surface area contributed by atoms with Crippen LogP contribution in [-0.4, -0.2) is 54.8 Å². The van der Waals surface area contributed by atoms with Gasteiger partial charge in [0.05, 0.1) is 0 Å². The first-order chi connectivity index (χ1) is 6.65. The van der Waals surface area contributed by atoms with E-state index in [4.69, 9.17) is 11.6 Å². The number of likely N-dealkylation sites (N-methyl/N-ethyl adjacent to an activating group) is 2. The number of rotatable bonds is 3. The minimum absolute atomic E-state index is 0.167. The molecule has 1 atom stereocenters. The zero-order valence-corrected chi connectivity index (χ0v) is 9.76. The van der Waals surface area contributed by atoms with Crippen molar-refractivity contribution in [3.8, 4) is 0 Å². The van der Waals surface area contributed by atoms with Gasteiger partial charge in [0.1, 0.15) is 0 Å². The number of nitrogens with zero attached hydrogens (tertiary/aromatic N) is 2. The van der Waals surface area contributed by atoms with Crippen LogP contribution in [0.3, 0.4) is 0 Å². The van der Waals surface area contributed by atoms with Crippen LogP contribution in [0.1, 0.15) is 19.3 Å². The van der Waals surface area contributed by atoms with Crippen LogP contribution in [0.15, 0.2) is 0 Å². The van der Waals surface area contributed by atoms with Crippen molar-refractivity contribution in [2.75, 3.05) is 33.1 Å². The minimum atomic E-state index is 0.167. The van der Waals surface area contributed by atoms with E-state index >= 15 is 0 Å². The lowest BCUT2D eigenvalue weighted by Crippen LogP contribution is -2.47. The first kappa shape index (κ1) is 11.8. The van der Waals surface area contributed by atoms with Crippen LogP contribution in [-0.2, 0) is 4.79 Å². The van der Waals surface area contributed by atoms with Crippen LogP contribution in [0.5, 0.6) is 0 Å². The van der Waals surface area contributed by atoms with Gasteiger partial charge < -0.3 is 9.80 Å². The van der Waals surface area contributed by atoms with Gasteiger partial charge >= 0.3 is 0 Å². The highest BCUT2D eigenvalue weighted by Crippen LogP contribution is 2.14. The molecule has 82 valence electrons. The molecule has 1 aliphatic rings. The maximum atomic E-state index is 11.6. The Hall–Kier alpha value is -0.280. The van der Waals surface area contributed by atoms with E-state index in [0.717, 1.165) is 19.5 Å². The molecule has 1 unspecified atom stereocenters. The summed E-state index contributed by atoms with van der Waals surface area (Å²) in [4.78, 5) is 15.7. The molecule has 0 bridgehead atoms. The molecule has 4 heteroatoms. The molecule has 0 aromatic rings. The van der Waals surface area contributed by atoms with Crippen molar-refractivity contribution in [1.29, 1.82) is 0 Å². The molecule has 0 aliphatic carbocycles. The summed E-state index contributed by atoms with van der Waals surface area (Å²) in [7, 11) is 3.99. The fourth-order valence-corrected chi connectivity index (χ4v) is 2.08. The molecule has 0 N–H and O–H groups in total. The van der Waals surface area contributed by atoms with Crippen molar-refractivity contribution in [2.24, 2.45) is 0 Å². The Labute approximate surface area is 91.0 Å². The number of amides is 1. The molecule has 1 heterocycles. The van der Waals surface area contributed by atoms with E-state index in [9.17, 15) is 4.79 Å². The van der Waals surface area contributed by atoms with E-state index in [2.05, 4.69) is 11.9 Å². The number of carbonyl (C=O) groups excluding carboxylic acids is 1. The van der Waals surface area contributed by atoms with E-state index in [1.165, 1.54) is 6.42 Å². The number of hydrogen-bond donors (Lipinski definition) is 0. The molecule has 0 saturated carbocycles. The third-order valence-corrected chi connectivity index (χ3v) is 3.04. The zero-order chi connectivity index (χ0) is 10.6. The smallest absolute Gasteiger partial charge is 0.223 e. The number of hydrogen-bond acceptors (Lipinski definition) is 2. The third-order valence-electron chi connectivity index (χ3n) is 2.85. The fraction of sp³-hybridized carbons (Fsp3) is 0.900. The predicted molar refractivity (Wildman–Crippen MR) is 58.6 cm³/mol. The average Bonchev–Trinajstić information content (AvgIpc) is 2.17. The van der Waals surface area contributed by atoms with Crippen molar-refractivity contribution in [1.82, 2.24) is 9.80 Å². The summed E-state index contributed by atoms with van der Waals surface area (Å²) < 4.78 is 0. The second-order valence-corrected chi connectivity index (χ2v) is 4.38. The first-order valence-electron chi connectivity index (χ1n) is 5.15. The molecule has 0 aromatic carbocycles. The van der Waals surface area contributed by atoms with Gasteiger partial charge in [0, 0.05) is 31.9 Å². The first-order valence-corrected chi connectivity index (χ1v) is 5.68. The van der Waals surface area contributed by atoms with Crippen molar-refractivity contribution in [3.63, 3.8) is 0 Å². The zero-order valence-electron chi connectivity index (χ0n) is 9.00. The Morgan fingerprint density at radius 2 is 2.36 bits per heavy atom. The van der Waals surface area contributed by atoms with Gasteiger partial charge in [-0.3, -0.25) is 4.79 Å². The maximum Gasteiger partial charge on any atom is 0.223 e. The van der Waals surface area contributed by atoms with Gasteiger partial charge in [-0.15, -0.1) is 11.6 Å². The van der Waals surface area contributed by atoms with Crippen LogP contribution >= 0.6 is 11.6 Å². The van der Waals surface area contributed by atoms with Crippen molar-refractivity contribution in [2.45, 2.75) is 25.3 Å². The summed E-state index contributed by atoms with van der Waals surface area (Å²) in [5.74, 6) is 0.589. The van der Waals surface area contributed by atoms with Crippen molar-refractivity contribution >= 4 is 17.5 Å². The van der Waals surface area contributed by atoms with Crippen LogP contribution in [0.2, 0.25) is 0 Å². The molecule has 14 heavy (non-hydrogen) atoms. The highest BCUT2D eigenvalue weighted by atomic mass is 35.5. The lowest BCUT2D eigenvalue weighted by molar-refractivity contribution is -0.132. The number of piperidine rings is 1. The molecule has 0 aromatic heterocycles. The number of halogens is 1. The van der Waals surface area contributed by atoms with Gasteiger partial charge in [-0.2, -0.15) is 0 Å². The van der Waals surface area contributed by atoms with Crippen LogP contribution < -0.4 is 0 Å². The summed E-state index contributed by atoms with van der Waals surface area (Å²) >= 11 is 5.55. The highest BCUT2D eigenvalue weighted by Gasteiger charge is 2.23. The Balaban J connectivity index is 2.42. The van der Waals surface area contributed by atoms with E-state index in [-0.39, 0.29) is 5.91 Å². The molecule has 3 nitrogen and oxygen atoms in total. The summed E-state index contributed by atoms with van der Waals surface area (Å²) in [5, 5.41) is 0. The number of likely N-dealkylation sites (tertiary alicyclic amines) is 1. The molecule has 1 rings (SSSR count). The van der Waals surface area contributed by atoms with Gasteiger partial charge in [0.25, 0.3) is 0 Å². The highest BCUT2D eigenvalue weighted by molar-refractivity contribution is 6.18. The summed E-state index contributed by atoms with van der Waals surface area (Å²) in [6.07, 6.45) is 2.76. The molecular weight excluding hydrogens is 200 g/mol. The lowest BCUT2D eigenvalue weighted by Gasteiger charge is -2.35. The Bertz CT molecular complexity index is 199. The summed E-state index contributed by atoms with van der Waals surface area (Å²) in [6, 6.07) is 0.379. The topological polar surface area (TPSA) is 23.6 Å². The molecular formula is C10H19ClN2O. The third kappa shape index (κ3) is 3.14. The second-order valence-electron chi connectivity index (χ2n) is 4.00. The Morgan fingerprint density at radius 3 is 2.93 bits per heavy atom. The molecule has 0 spiro atoms. The van der Waals surface area contributed by atoms with E-state index in [0.29, 0.717) is 18.3 Å².